The number of esters is 1. The summed E-state index contributed by atoms with van der Waals surface area (Å²) in [6, 6.07) is 7.66. The van der Waals surface area contributed by atoms with Gasteiger partial charge in [0.2, 0.25) is 0 Å². The average molecular weight is 296 g/mol. The molecule has 110 valence electrons. The van der Waals surface area contributed by atoms with E-state index in [1.807, 2.05) is 45.0 Å². The van der Waals surface area contributed by atoms with Crippen molar-refractivity contribution in [3.63, 3.8) is 0 Å². The third-order valence-corrected chi connectivity index (χ3v) is 3.55. The first-order valence-corrected chi connectivity index (χ1v) is 7.44. The highest BCUT2D eigenvalue weighted by atomic mass is 35.5. The number of carbonyl (C=O) groups excluding carboxylic acids is 1. The van der Waals surface area contributed by atoms with E-state index < -0.39 is 5.60 Å². The number of carbonyl (C=O) groups is 1. The van der Waals surface area contributed by atoms with Gasteiger partial charge in [-0.05, 0) is 57.9 Å². The maximum Gasteiger partial charge on any atom is 0.323 e. The molecule has 0 amide bonds. The van der Waals surface area contributed by atoms with Gasteiger partial charge in [-0.3, -0.25) is 9.69 Å². The van der Waals surface area contributed by atoms with Crippen LogP contribution >= 0.6 is 11.6 Å². The average Bonchev–Trinajstić information content (AvgIpc) is 2.75. The van der Waals surface area contributed by atoms with Crippen molar-refractivity contribution in [3.05, 3.63) is 34.9 Å². The molecule has 1 heterocycles. The van der Waals surface area contributed by atoms with Crippen LogP contribution in [0.3, 0.4) is 0 Å². The molecule has 1 atom stereocenters. The first-order valence-electron chi connectivity index (χ1n) is 7.06. The van der Waals surface area contributed by atoms with Gasteiger partial charge < -0.3 is 4.74 Å². The number of hydrogen-bond acceptors (Lipinski definition) is 3. The minimum Gasteiger partial charge on any atom is -0.459 e. The lowest BCUT2D eigenvalue weighted by atomic mass is 10.1. The zero-order valence-corrected chi connectivity index (χ0v) is 13.1. The minimum absolute atomic E-state index is 0.114. The molecule has 1 saturated heterocycles. The number of ether oxygens (including phenoxy) is 1. The summed E-state index contributed by atoms with van der Waals surface area (Å²) in [5, 5.41) is 0.732. The van der Waals surface area contributed by atoms with Crippen molar-refractivity contribution in [1.29, 1.82) is 0 Å². The number of rotatable bonds is 3. The van der Waals surface area contributed by atoms with Gasteiger partial charge in [0.25, 0.3) is 0 Å². The molecule has 1 aromatic rings. The van der Waals surface area contributed by atoms with Crippen molar-refractivity contribution in [3.8, 4) is 0 Å². The van der Waals surface area contributed by atoms with E-state index in [1.54, 1.807) is 0 Å². The van der Waals surface area contributed by atoms with Crippen molar-refractivity contribution < 1.29 is 9.53 Å². The molecule has 1 aromatic carbocycles. The molecule has 0 spiro atoms. The van der Waals surface area contributed by atoms with Gasteiger partial charge >= 0.3 is 5.97 Å². The fourth-order valence-corrected chi connectivity index (χ4v) is 2.73. The molecule has 2 rings (SSSR count). The normalized spacial score (nSPS) is 20.1. The van der Waals surface area contributed by atoms with E-state index in [1.165, 1.54) is 0 Å². The third kappa shape index (κ3) is 4.22. The second-order valence-corrected chi connectivity index (χ2v) is 6.73. The Labute approximate surface area is 125 Å². The molecule has 0 radical (unpaired) electrons. The Morgan fingerprint density at radius 3 is 2.85 bits per heavy atom. The van der Waals surface area contributed by atoms with Crippen LogP contribution in [-0.2, 0) is 16.1 Å². The van der Waals surface area contributed by atoms with Crippen molar-refractivity contribution >= 4 is 17.6 Å². The maximum atomic E-state index is 12.2. The van der Waals surface area contributed by atoms with Crippen molar-refractivity contribution in [2.24, 2.45) is 0 Å². The smallest absolute Gasteiger partial charge is 0.323 e. The fourth-order valence-electron chi connectivity index (χ4n) is 2.52. The lowest BCUT2D eigenvalue weighted by Gasteiger charge is -2.27. The van der Waals surface area contributed by atoms with Gasteiger partial charge in [0.15, 0.2) is 0 Å². The molecule has 1 fully saturated rings. The Kier molecular flexibility index (Phi) is 4.71. The largest absolute Gasteiger partial charge is 0.459 e. The number of halogens is 1. The Balaban J connectivity index is 2.02. The fraction of sp³-hybridized carbons (Fsp3) is 0.562. The molecule has 0 bridgehead atoms. The molecule has 0 aliphatic carbocycles. The second-order valence-electron chi connectivity index (χ2n) is 6.29. The quantitative estimate of drug-likeness (QED) is 0.797. The Morgan fingerprint density at radius 1 is 1.45 bits per heavy atom. The summed E-state index contributed by atoms with van der Waals surface area (Å²) in [5.41, 5.74) is 0.703. The molecule has 3 nitrogen and oxygen atoms in total. The van der Waals surface area contributed by atoms with Crippen molar-refractivity contribution in [1.82, 2.24) is 4.90 Å². The zero-order valence-electron chi connectivity index (χ0n) is 12.4. The van der Waals surface area contributed by atoms with Gasteiger partial charge in [-0.25, -0.2) is 0 Å². The van der Waals surface area contributed by atoms with Crippen LogP contribution in [0.15, 0.2) is 24.3 Å². The van der Waals surface area contributed by atoms with Crippen LogP contribution in [0.5, 0.6) is 0 Å². The van der Waals surface area contributed by atoms with E-state index in [0.717, 1.165) is 36.5 Å². The molecule has 1 aliphatic heterocycles. The van der Waals surface area contributed by atoms with Gasteiger partial charge in [-0.1, -0.05) is 23.7 Å². The standard InChI is InChI=1S/C16H22ClNO2/c1-16(2,3)20-15(19)14-8-5-9-18(14)11-12-6-4-7-13(17)10-12/h4,6-7,10,14H,5,8-9,11H2,1-3H3/t14-/m0/s1. The Bertz CT molecular complexity index is 482. The van der Waals surface area contributed by atoms with Gasteiger partial charge in [0.05, 0.1) is 0 Å². The Hall–Kier alpha value is -1.06. The molecule has 20 heavy (non-hydrogen) atoms. The van der Waals surface area contributed by atoms with E-state index in [2.05, 4.69) is 4.90 Å². The summed E-state index contributed by atoms with van der Waals surface area (Å²) in [6.07, 6.45) is 1.90. The van der Waals surface area contributed by atoms with Crippen LogP contribution in [0.4, 0.5) is 0 Å². The molecular formula is C16H22ClNO2. The Morgan fingerprint density at radius 2 is 2.20 bits per heavy atom. The number of nitrogens with zero attached hydrogens (tertiary/aromatic N) is 1. The second kappa shape index (κ2) is 6.15. The summed E-state index contributed by atoms with van der Waals surface area (Å²) in [6.45, 7) is 7.38. The molecule has 0 unspecified atom stereocenters. The van der Waals surface area contributed by atoms with Crippen LogP contribution in [0.25, 0.3) is 0 Å². The predicted molar refractivity (Wildman–Crippen MR) is 80.7 cm³/mol. The topological polar surface area (TPSA) is 29.5 Å². The molecule has 0 saturated carbocycles. The third-order valence-electron chi connectivity index (χ3n) is 3.32. The number of hydrogen-bond donors (Lipinski definition) is 0. The molecule has 0 aromatic heterocycles. The highest BCUT2D eigenvalue weighted by molar-refractivity contribution is 6.30. The van der Waals surface area contributed by atoms with E-state index >= 15 is 0 Å². The van der Waals surface area contributed by atoms with Crippen LogP contribution < -0.4 is 0 Å². The van der Waals surface area contributed by atoms with Crippen molar-refractivity contribution in [2.75, 3.05) is 6.54 Å². The first kappa shape index (κ1) is 15.3. The highest BCUT2D eigenvalue weighted by Gasteiger charge is 2.33. The molecule has 1 aliphatic rings. The molecule has 0 N–H and O–H groups in total. The summed E-state index contributed by atoms with van der Waals surface area (Å²) < 4.78 is 5.51. The monoisotopic (exact) mass is 295 g/mol. The number of likely N-dealkylation sites (tertiary alicyclic amines) is 1. The van der Waals surface area contributed by atoms with E-state index in [-0.39, 0.29) is 12.0 Å². The van der Waals surface area contributed by atoms with Crippen LogP contribution in [-0.4, -0.2) is 29.1 Å². The summed E-state index contributed by atoms with van der Waals surface area (Å²) in [4.78, 5) is 14.4. The van der Waals surface area contributed by atoms with Gasteiger partial charge in [0, 0.05) is 11.6 Å². The van der Waals surface area contributed by atoms with Crippen LogP contribution in [0.2, 0.25) is 5.02 Å². The first-order chi connectivity index (χ1) is 9.35. The number of benzene rings is 1. The lowest BCUT2D eigenvalue weighted by Crippen LogP contribution is -2.40. The van der Waals surface area contributed by atoms with Crippen LogP contribution in [0.1, 0.15) is 39.2 Å². The highest BCUT2D eigenvalue weighted by Crippen LogP contribution is 2.24. The van der Waals surface area contributed by atoms with E-state index in [0.29, 0.717) is 0 Å². The molecule has 4 heteroatoms. The maximum absolute atomic E-state index is 12.2. The van der Waals surface area contributed by atoms with Crippen molar-refractivity contribution in [2.45, 2.75) is 51.8 Å². The lowest BCUT2D eigenvalue weighted by molar-refractivity contribution is -0.160. The van der Waals surface area contributed by atoms with Gasteiger partial charge in [-0.15, -0.1) is 0 Å². The summed E-state index contributed by atoms with van der Waals surface area (Å²) in [5.74, 6) is -0.114. The van der Waals surface area contributed by atoms with Gasteiger partial charge in [0.1, 0.15) is 11.6 Å². The summed E-state index contributed by atoms with van der Waals surface area (Å²) in [7, 11) is 0. The predicted octanol–water partition coefficient (Wildman–Crippen LogP) is 3.65. The minimum atomic E-state index is -0.429. The zero-order chi connectivity index (χ0) is 14.8. The summed E-state index contributed by atoms with van der Waals surface area (Å²) >= 11 is 6.01. The SMILES string of the molecule is CC(C)(C)OC(=O)[C@@H]1CCCN1Cc1cccc(Cl)c1. The van der Waals surface area contributed by atoms with E-state index in [9.17, 15) is 4.79 Å². The molecular weight excluding hydrogens is 274 g/mol. The van der Waals surface area contributed by atoms with Gasteiger partial charge in [-0.2, -0.15) is 0 Å². The van der Waals surface area contributed by atoms with Crippen LogP contribution in [0, 0.1) is 0 Å². The van der Waals surface area contributed by atoms with E-state index in [4.69, 9.17) is 16.3 Å².